The van der Waals surface area contributed by atoms with Crippen molar-refractivity contribution in [2.24, 2.45) is 0 Å². The summed E-state index contributed by atoms with van der Waals surface area (Å²) in [5.41, 5.74) is 0. The lowest BCUT2D eigenvalue weighted by molar-refractivity contribution is -0.123. The van der Waals surface area contributed by atoms with E-state index in [2.05, 4.69) is 10.6 Å². The van der Waals surface area contributed by atoms with E-state index in [0.29, 0.717) is 10.8 Å². The Kier molecular flexibility index (Phi) is 4.23. The minimum Gasteiger partial charge on any atom is -0.484 e. The van der Waals surface area contributed by atoms with Gasteiger partial charge >= 0.3 is 0 Å². The molecule has 1 heterocycles. The Balaban J connectivity index is 1.73. The number of ether oxygens (including phenoxy) is 1. The minimum absolute atomic E-state index is 0.0398. The van der Waals surface area contributed by atoms with Crippen LogP contribution in [0.4, 0.5) is 0 Å². The first-order valence-corrected chi connectivity index (χ1v) is 6.00. The third-order valence-electron chi connectivity index (χ3n) is 2.61. The SMILES string of the molecule is O=C(COc1ccc(Cl)cc1)NC1CCNC1. The molecule has 17 heavy (non-hydrogen) atoms. The van der Waals surface area contributed by atoms with Crippen LogP contribution in [0.2, 0.25) is 5.02 Å². The second-order valence-electron chi connectivity index (χ2n) is 4.00. The second kappa shape index (κ2) is 5.89. The quantitative estimate of drug-likeness (QED) is 0.849. The summed E-state index contributed by atoms with van der Waals surface area (Å²) in [5, 5.41) is 6.75. The molecule has 1 aliphatic rings. The highest BCUT2D eigenvalue weighted by atomic mass is 35.5. The van der Waals surface area contributed by atoms with E-state index in [9.17, 15) is 4.79 Å². The van der Waals surface area contributed by atoms with Crippen LogP contribution in [0, 0.1) is 0 Å². The van der Waals surface area contributed by atoms with Gasteiger partial charge in [0.1, 0.15) is 5.75 Å². The van der Waals surface area contributed by atoms with Gasteiger partial charge in [-0.15, -0.1) is 0 Å². The predicted octanol–water partition coefficient (Wildman–Crippen LogP) is 1.20. The van der Waals surface area contributed by atoms with Gasteiger partial charge < -0.3 is 15.4 Å². The number of hydrogen-bond acceptors (Lipinski definition) is 3. The standard InChI is InChI=1S/C12H15ClN2O2/c13-9-1-3-11(4-2-9)17-8-12(16)15-10-5-6-14-7-10/h1-4,10,14H,5-8H2,(H,15,16). The molecule has 5 heteroatoms. The van der Waals surface area contributed by atoms with Gasteiger partial charge in [0.15, 0.2) is 6.61 Å². The Labute approximate surface area is 105 Å². The first-order valence-electron chi connectivity index (χ1n) is 5.62. The summed E-state index contributed by atoms with van der Waals surface area (Å²) in [7, 11) is 0. The summed E-state index contributed by atoms with van der Waals surface area (Å²) >= 11 is 5.75. The molecule has 0 spiro atoms. The van der Waals surface area contributed by atoms with Crippen LogP contribution < -0.4 is 15.4 Å². The molecule has 0 bridgehead atoms. The zero-order valence-corrected chi connectivity index (χ0v) is 10.2. The van der Waals surface area contributed by atoms with Crippen LogP contribution in [0.3, 0.4) is 0 Å². The van der Waals surface area contributed by atoms with Crippen LogP contribution in [0.1, 0.15) is 6.42 Å². The van der Waals surface area contributed by atoms with Gasteiger partial charge in [-0.05, 0) is 37.2 Å². The monoisotopic (exact) mass is 254 g/mol. The molecule has 4 nitrogen and oxygen atoms in total. The first-order chi connectivity index (χ1) is 8.24. The largest absolute Gasteiger partial charge is 0.484 e. The van der Waals surface area contributed by atoms with Gasteiger partial charge in [0.25, 0.3) is 5.91 Å². The lowest BCUT2D eigenvalue weighted by Gasteiger charge is -2.11. The summed E-state index contributed by atoms with van der Waals surface area (Å²) in [6, 6.07) is 7.18. The molecule has 0 aliphatic carbocycles. The van der Waals surface area contributed by atoms with Crippen molar-refractivity contribution in [2.75, 3.05) is 19.7 Å². The fraction of sp³-hybridized carbons (Fsp3) is 0.417. The summed E-state index contributed by atoms with van der Waals surface area (Å²) in [5.74, 6) is 0.558. The zero-order chi connectivity index (χ0) is 12.1. The van der Waals surface area contributed by atoms with E-state index in [1.165, 1.54) is 0 Å². The van der Waals surface area contributed by atoms with Crippen LogP contribution in [-0.2, 0) is 4.79 Å². The van der Waals surface area contributed by atoms with Crippen LogP contribution >= 0.6 is 11.6 Å². The highest BCUT2D eigenvalue weighted by Gasteiger charge is 2.16. The number of hydrogen-bond donors (Lipinski definition) is 2. The van der Waals surface area contributed by atoms with Crippen LogP contribution in [0.5, 0.6) is 5.75 Å². The van der Waals surface area contributed by atoms with Gasteiger partial charge in [0, 0.05) is 17.6 Å². The lowest BCUT2D eigenvalue weighted by Crippen LogP contribution is -2.39. The Morgan fingerprint density at radius 1 is 1.47 bits per heavy atom. The molecule has 1 fully saturated rings. The van der Waals surface area contributed by atoms with Crippen LogP contribution in [-0.4, -0.2) is 31.6 Å². The molecule has 1 atom stereocenters. The zero-order valence-electron chi connectivity index (χ0n) is 9.41. The second-order valence-corrected chi connectivity index (χ2v) is 4.44. The number of halogens is 1. The van der Waals surface area contributed by atoms with Crippen molar-refractivity contribution in [1.82, 2.24) is 10.6 Å². The normalized spacial score (nSPS) is 19.0. The van der Waals surface area contributed by atoms with Gasteiger partial charge in [-0.25, -0.2) is 0 Å². The molecule has 0 aromatic heterocycles. The molecular weight excluding hydrogens is 240 g/mol. The third kappa shape index (κ3) is 3.91. The van der Waals surface area contributed by atoms with Gasteiger partial charge in [-0.1, -0.05) is 11.6 Å². The highest BCUT2D eigenvalue weighted by molar-refractivity contribution is 6.30. The Morgan fingerprint density at radius 3 is 2.88 bits per heavy atom. The Bertz CT molecular complexity index is 375. The van der Waals surface area contributed by atoms with Crippen molar-refractivity contribution < 1.29 is 9.53 Å². The van der Waals surface area contributed by atoms with Gasteiger partial charge in [-0.2, -0.15) is 0 Å². The predicted molar refractivity (Wildman–Crippen MR) is 66.4 cm³/mol. The molecule has 2 rings (SSSR count). The maximum Gasteiger partial charge on any atom is 0.258 e. The molecule has 1 aromatic rings. The average molecular weight is 255 g/mol. The van der Waals surface area contributed by atoms with Gasteiger partial charge in [0.05, 0.1) is 0 Å². The van der Waals surface area contributed by atoms with Crippen molar-refractivity contribution in [3.63, 3.8) is 0 Å². The third-order valence-corrected chi connectivity index (χ3v) is 2.86. The van der Waals surface area contributed by atoms with Crippen molar-refractivity contribution in [2.45, 2.75) is 12.5 Å². The van der Waals surface area contributed by atoms with Crippen LogP contribution in [0.15, 0.2) is 24.3 Å². The highest BCUT2D eigenvalue weighted by Crippen LogP contribution is 2.15. The fourth-order valence-electron chi connectivity index (χ4n) is 1.73. The molecule has 2 N–H and O–H groups in total. The molecule has 1 aromatic carbocycles. The summed E-state index contributed by atoms with van der Waals surface area (Å²) < 4.78 is 5.34. The Hall–Kier alpha value is -1.26. The van der Waals surface area contributed by atoms with Gasteiger partial charge in [0.2, 0.25) is 0 Å². The molecule has 1 amide bonds. The molecule has 0 radical (unpaired) electrons. The van der Waals surface area contributed by atoms with Crippen molar-refractivity contribution in [3.05, 3.63) is 29.3 Å². The van der Waals surface area contributed by atoms with E-state index < -0.39 is 0 Å². The van der Waals surface area contributed by atoms with E-state index in [0.717, 1.165) is 19.5 Å². The maximum absolute atomic E-state index is 11.5. The molecule has 1 unspecified atom stereocenters. The summed E-state index contributed by atoms with van der Waals surface area (Å²) in [4.78, 5) is 11.5. The Morgan fingerprint density at radius 2 is 2.24 bits per heavy atom. The summed E-state index contributed by atoms with van der Waals surface area (Å²) in [6.07, 6.45) is 0.979. The van der Waals surface area contributed by atoms with Crippen molar-refractivity contribution in [3.8, 4) is 5.75 Å². The lowest BCUT2D eigenvalue weighted by atomic mass is 10.2. The van der Waals surface area contributed by atoms with Crippen molar-refractivity contribution >= 4 is 17.5 Å². The van der Waals surface area contributed by atoms with Crippen LogP contribution in [0.25, 0.3) is 0 Å². The van der Waals surface area contributed by atoms with Gasteiger partial charge in [-0.3, -0.25) is 4.79 Å². The number of benzene rings is 1. The number of rotatable bonds is 4. The van der Waals surface area contributed by atoms with E-state index in [4.69, 9.17) is 16.3 Å². The van der Waals surface area contributed by atoms with Crippen molar-refractivity contribution in [1.29, 1.82) is 0 Å². The molecule has 92 valence electrons. The fourth-order valence-corrected chi connectivity index (χ4v) is 1.85. The molecule has 1 saturated heterocycles. The topological polar surface area (TPSA) is 50.4 Å². The minimum atomic E-state index is -0.0892. The van der Waals surface area contributed by atoms with E-state index >= 15 is 0 Å². The number of nitrogens with one attached hydrogen (secondary N) is 2. The molecule has 0 saturated carbocycles. The first kappa shape index (κ1) is 12.2. The van der Waals surface area contributed by atoms with E-state index in [1.54, 1.807) is 24.3 Å². The number of amides is 1. The number of carbonyl (C=O) groups excluding carboxylic acids is 1. The maximum atomic E-state index is 11.5. The number of carbonyl (C=O) groups is 1. The molecular formula is C12H15ClN2O2. The average Bonchev–Trinajstić information content (AvgIpc) is 2.81. The summed E-state index contributed by atoms with van der Waals surface area (Å²) in [6.45, 7) is 1.84. The smallest absolute Gasteiger partial charge is 0.258 e. The van der Waals surface area contributed by atoms with E-state index in [-0.39, 0.29) is 18.6 Å². The van der Waals surface area contributed by atoms with E-state index in [1.807, 2.05) is 0 Å². The molecule has 1 aliphatic heterocycles.